The highest BCUT2D eigenvalue weighted by Crippen LogP contribution is 2.59. The third-order valence-electron chi connectivity index (χ3n) is 6.30. The van der Waals surface area contributed by atoms with E-state index in [1.807, 2.05) is 6.07 Å². The minimum atomic E-state index is 0.588. The Balaban J connectivity index is 1.49. The summed E-state index contributed by atoms with van der Waals surface area (Å²) in [7, 11) is 4.36. The highest BCUT2D eigenvalue weighted by molar-refractivity contribution is 5.92. The fourth-order valence-electron chi connectivity index (χ4n) is 5.50. The van der Waals surface area contributed by atoms with Crippen LogP contribution in [0.4, 0.5) is 0 Å². The van der Waals surface area contributed by atoms with Crippen molar-refractivity contribution in [2.75, 3.05) is 20.6 Å². The number of fused-ring (bicyclic) bond motifs is 5. The van der Waals surface area contributed by atoms with Gasteiger partial charge in [0.1, 0.15) is 6.61 Å². The highest BCUT2D eigenvalue weighted by atomic mass is 16.6. The molecule has 3 fully saturated rings. The van der Waals surface area contributed by atoms with Crippen LogP contribution < -0.4 is 0 Å². The number of hydrogen-bond acceptors (Lipinski definition) is 3. The minimum Gasteiger partial charge on any atom is -0.391 e. The van der Waals surface area contributed by atoms with Crippen molar-refractivity contribution < 1.29 is 4.84 Å². The molecule has 3 aliphatic rings. The molecular weight excluding hydrogens is 284 g/mol. The van der Waals surface area contributed by atoms with E-state index in [-0.39, 0.29) is 0 Å². The van der Waals surface area contributed by atoms with Crippen molar-refractivity contribution >= 4 is 5.71 Å². The van der Waals surface area contributed by atoms with Gasteiger partial charge in [-0.25, -0.2) is 0 Å². The van der Waals surface area contributed by atoms with Gasteiger partial charge in [-0.2, -0.15) is 0 Å². The van der Waals surface area contributed by atoms with Crippen molar-refractivity contribution in [3.8, 4) is 0 Å². The molecule has 23 heavy (non-hydrogen) atoms. The second-order valence-electron chi connectivity index (χ2n) is 7.91. The Morgan fingerprint density at radius 1 is 1.09 bits per heavy atom. The minimum absolute atomic E-state index is 0.588. The van der Waals surface area contributed by atoms with Crippen molar-refractivity contribution in [3.05, 3.63) is 35.9 Å². The van der Waals surface area contributed by atoms with Crippen molar-refractivity contribution in [1.82, 2.24) is 4.90 Å². The van der Waals surface area contributed by atoms with E-state index < -0.39 is 0 Å². The lowest BCUT2D eigenvalue weighted by atomic mass is 9.74. The quantitative estimate of drug-likeness (QED) is 0.773. The Kier molecular flexibility index (Phi) is 4.14. The molecule has 2 bridgehead atoms. The largest absolute Gasteiger partial charge is 0.391 e. The summed E-state index contributed by atoms with van der Waals surface area (Å²) in [6, 6.07) is 10.4. The zero-order valence-corrected chi connectivity index (χ0v) is 14.3. The van der Waals surface area contributed by atoms with Crippen LogP contribution in [0.1, 0.15) is 31.2 Å². The Bertz CT molecular complexity index is 568. The Morgan fingerprint density at radius 3 is 2.65 bits per heavy atom. The molecule has 0 heterocycles. The van der Waals surface area contributed by atoms with Crippen molar-refractivity contribution in [2.24, 2.45) is 34.7 Å². The molecule has 3 nitrogen and oxygen atoms in total. The molecule has 3 saturated carbocycles. The Labute approximate surface area is 139 Å². The normalized spacial score (nSPS) is 36.8. The lowest BCUT2D eigenvalue weighted by molar-refractivity contribution is 0.123. The molecule has 0 unspecified atom stereocenters. The second kappa shape index (κ2) is 6.27. The fraction of sp³-hybridized carbons (Fsp3) is 0.650. The maximum Gasteiger partial charge on any atom is 0.142 e. The van der Waals surface area contributed by atoms with Gasteiger partial charge >= 0.3 is 0 Å². The molecule has 0 N–H and O–H groups in total. The zero-order chi connectivity index (χ0) is 15.8. The third kappa shape index (κ3) is 2.80. The van der Waals surface area contributed by atoms with Gasteiger partial charge in [0, 0.05) is 18.4 Å². The maximum absolute atomic E-state index is 5.79. The summed E-state index contributed by atoms with van der Waals surface area (Å²) in [6.07, 6.45) is 5.66. The van der Waals surface area contributed by atoms with Gasteiger partial charge in [-0.3, -0.25) is 0 Å². The molecule has 0 saturated heterocycles. The highest BCUT2D eigenvalue weighted by Gasteiger charge is 2.57. The number of hydrogen-bond donors (Lipinski definition) is 0. The number of nitrogens with zero attached hydrogens (tertiary/aromatic N) is 2. The van der Waals surface area contributed by atoms with Crippen LogP contribution in [-0.4, -0.2) is 31.3 Å². The van der Waals surface area contributed by atoms with E-state index in [1.165, 1.54) is 37.0 Å². The van der Waals surface area contributed by atoms with Gasteiger partial charge in [0.25, 0.3) is 0 Å². The summed E-state index contributed by atoms with van der Waals surface area (Å²) in [5.74, 6) is 4.04. The first kappa shape index (κ1) is 15.2. The van der Waals surface area contributed by atoms with E-state index in [0.717, 1.165) is 24.3 Å². The topological polar surface area (TPSA) is 24.8 Å². The van der Waals surface area contributed by atoms with E-state index in [0.29, 0.717) is 18.4 Å². The number of rotatable bonds is 5. The van der Waals surface area contributed by atoms with Crippen molar-refractivity contribution in [3.63, 3.8) is 0 Å². The Hall–Kier alpha value is -1.35. The van der Waals surface area contributed by atoms with Gasteiger partial charge in [0.05, 0.1) is 5.71 Å². The first-order valence-corrected chi connectivity index (χ1v) is 9.12. The first-order chi connectivity index (χ1) is 11.2. The maximum atomic E-state index is 5.79. The van der Waals surface area contributed by atoms with Crippen molar-refractivity contribution in [2.45, 2.75) is 32.3 Å². The van der Waals surface area contributed by atoms with Crippen LogP contribution in [0, 0.1) is 29.6 Å². The summed E-state index contributed by atoms with van der Waals surface area (Å²) in [4.78, 5) is 8.11. The lowest BCUT2D eigenvalue weighted by Crippen LogP contribution is -2.38. The van der Waals surface area contributed by atoms with Crippen LogP contribution >= 0.6 is 0 Å². The molecule has 124 valence electrons. The van der Waals surface area contributed by atoms with Crippen LogP contribution in [0.2, 0.25) is 0 Å². The SMILES string of the molecule is CN(C)C[C@H]1/C(=N\OCc2ccccc2)[C@H]2C[C@@H]1[C@@H]1CCC[C@@H]12. The van der Waals surface area contributed by atoms with Crippen LogP contribution in [0.5, 0.6) is 0 Å². The van der Waals surface area contributed by atoms with Crippen LogP contribution in [0.15, 0.2) is 35.5 Å². The Morgan fingerprint density at radius 2 is 1.87 bits per heavy atom. The average Bonchev–Trinajstić information content (AvgIpc) is 3.20. The van der Waals surface area contributed by atoms with Gasteiger partial charge in [0.15, 0.2) is 0 Å². The summed E-state index contributed by atoms with van der Waals surface area (Å²) >= 11 is 0. The predicted octanol–water partition coefficient (Wildman–Crippen LogP) is 3.80. The molecule has 0 spiro atoms. The van der Waals surface area contributed by atoms with Crippen LogP contribution in [-0.2, 0) is 11.4 Å². The number of oxime groups is 1. The van der Waals surface area contributed by atoms with E-state index in [1.54, 1.807) is 0 Å². The van der Waals surface area contributed by atoms with E-state index in [2.05, 4.69) is 48.4 Å². The molecule has 1 aromatic rings. The summed E-state index contributed by atoms with van der Waals surface area (Å²) in [5.41, 5.74) is 2.57. The molecule has 3 aliphatic carbocycles. The zero-order valence-electron chi connectivity index (χ0n) is 14.3. The second-order valence-corrected chi connectivity index (χ2v) is 7.91. The van der Waals surface area contributed by atoms with Gasteiger partial charge in [-0.05, 0) is 56.7 Å². The fourth-order valence-corrected chi connectivity index (χ4v) is 5.50. The predicted molar refractivity (Wildman–Crippen MR) is 93.1 cm³/mol. The molecule has 1 aromatic carbocycles. The lowest BCUT2D eigenvalue weighted by Gasteiger charge is -2.34. The smallest absolute Gasteiger partial charge is 0.142 e. The van der Waals surface area contributed by atoms with Gasteiger partial charge in [-0.15, -0.1) is 0 Å². The summed E-state index contributed by atoms with van der Waals surface area (Å²) in [6.45, 7) is 1.71. The summed E-state index contributed by atoms with van der Waals surface area (Å²) in [5, 5.41) is 4.69. The van der Waals surface area contributed by atoms with Crippen molar-refractivity contribution in [1.29, 1.82) is 0 Å². The average molecular weight is 312 g/mol. The molecule has 5 atom stereocenters. The number of benzene rings is 1. The van der Waals surface area contributed by atoms with Crippen LogP contribution in [0.3, 0.4) is 0 Å². The van der Waals surface area contributed by atoms with Gasteiger partial charge in [0.2, 0.25) is 0 Å². The summed E-state index contributed by atoms with van der Waals surface area (Å²) < 4.78 is 0. The standard InChI is InChI=1S/C20H28N2O/c1-22(2)12-19-17-11-18(16-10-6-9-15(16)17)20(19)21-23-13-14-7-4-3-5-8-14/h3-5,7-8,15-19H,6,9-13H2,1-2H3/b21-20-/t15-,16+,17-,18+,19-/m1/s1. The molecule has 0 amide bonds. The molecule has 0 aromatic heterocycles. The third-order valence-corrected chi connectivity index (χ3v) is 6.30. The van der Waals surface area contributed by atoms with Crippen LogP contribution in [0.25, 0.3) is 0 Å². The van der Waals surface area contributed by atoms with E-state index >= 15 is 0 Å². The van der Waals surface area contributed by atoms with E-state index in [9.17, 15) is 0 Å². The van der Waals surface area contributed by atoms with E-state index in [4.69, 9.17) is 4.84 Å². The molecule has 0 radical (unpaired) electrons. The molecular formula is C20H28N2O. The first-order valence-electron chi connectivity index (χ1n) is 9.12. The molecule has 4 rings (SSSR count). The molecule has 3 heteroatoms. The monoisotopic (exact) mass is 312 g/mol. The molecule has 0 aliphatic heterocycles. The van der Waals surface area contributed by atoms with Gasteiger partial charge < -0.3 is 9.74 Å². The van der Waals surface area contributed by atoms with Gasteiger partial charge in [-0.1, -0.05) is 41.9 Å².